The molecule has 1 saturated heterocycles. The van der Waals surface area contributed by atoms with Gasteiger partial charge in [-0.1, -0.05) is 29.3 Å². The third-order valence-corrected chi connectivity index (χ3v) is 5.68. The molecule has 0 radical (unpaired) electrons. The summed E-state index contributed by atoms with van der Waals surface area (Å²) in [6.07, 6.45) is 1.65. The van der Waals surface area contributed by atoms with E-state index < -0.39 is 10.0 Å². The van der Waals surface area contributed by atoms with Crippen molar-refractivity contribution >= 4 is 33.2 Å². The summed E-state index contributed by atoms with van der Waals surface area (Å²) >= 11 is 12.0. The number of nitrogens with two attached hydrogens (primary N) is 1. The van der Waals surface area contributed by atoms with E-state index in [4.69, 9.17) is 28.9 Å². The summed E-state index contributed by atoms with van der Waals surface area (Å²) in [5.74, 6) is -0.182. The second-order valence-corrected chi connectivity index (χ2v) is 7.50. The van der Waals surface area contributed by atoms with Crippen molar-refractivity contribution in [1.29, 1.82) is 0 Å². The van der Waals surface area contributed by atoms with Crippen molar-refractivity contribution in [2.75, 3.05) is 13.1 Å². The summed E-state index contributed by atoms with van der Waals surface area (Å²) in [6, 6.07) is 4.88. The molecule has 1 aliphatic rings. The van der Waals surface area contributed by atoms with Crippen LogP contribution in [-0.2, 0) is 15.8 Å². The van der Waals surface area contributed by atoms with Crippen LogP contribution in [0.2, 0.25) is 10.0 Å². The van der Waals surface area contributed by atoms with Crippen LogP contribution >= 0.6 is 23.2 Å². The van der Waals surface area contributed by atoms with Crippen molar-refractivity contribution in [3.05, 3.63) is 33.8 Å². The lowest BCUT2D eigenvalue weighted by Gasteiger charge is -2.30. The fourth-order valence-corrected chi connectivity index (χ4v) is 4.54. The average molecular weight is 323 g/mol. The molecule has 0 spiro atoms. The van der Waals surface area contributed by atoms with Gasteiger partial charge in [-0.05, 0) is 25.0 Å². The summed E-state index contributed by atoms with van der Waals surface area (Å²) in [5.41, 5.74) is 6.27. The molecule has 2 N–H and O–H groups in total. The molecule has 1 aliphatic heterocycles. The van der Waals surface area contributed by atoms with Crippen molar-refractivity contribution < 1.29 is 8.42 Å². The van der Waals surface area contributed by atoms with Gasteiger partial charge in [0.25, 0.3) is 0 Å². The highest BCUT2D eigenvalue weighted by Crippen LogP contribution is 2.27. The molecule has 0 aliphatic carbocycles. The quantitative estimate of drug-likeness (QED) is 0.928. The third kappa shape index (κ3) is 3.61. The maximum atomic E-state index is 12.4. The Morgan fingerprint density at radius 3 is 2.53 bits per heavy atom. The molecule has 0 amide bonds. The molecule has 1 fully saturated rings. The molecule has 106 valence electrons. The van der Waals surface area contributed by atoms with E-state index in [9.17, 15) is 8.42 Å². The number of piperidine rings is 1. The minimum absolute atomic E-state index is 0.0924. The molecule has 0 aromatic heterocycles. The second-order valence-electron chi connectivity index (χ2n) is 4.72. The predicted molar refractivity (Wildman–Crippen MR) is 77.9 cm³/mol. The topological polar surface area (TPSA) is 63.4 Å². The fraction of sp³-hybridized carbons (Fsp3) is 0.500. The van der Waals surface area contributed by atoms with Gasteiger partial charge in [0.1, 0.15) is 0 Å². The zero-order chi connectivity index (χ0) is 14.0. The largest absolute Gasteiger partial charge is 0.327 e. The normalized spacial score (nSPS) is 21.5. The molecular formula is C12H16Cl2N2O2S. The highest BCUT2D eigenvalue weighted by molar-refractivity contribution is 7.88. The summed E-state index contributed by atoms with van der Waals surface area (Å²) in [7, 11) is -3.43. The van der Waals surface area contributed by atoms with Crippen molar-refractivity contribution in [3.8, 4) is 0 Å². The van der Waals surface area contributed by atoms with Gasteiger partial charge in [-0.3, -0.25) is 0 Å². The van der Waals surface area contributed by atoms with Gasteiger partial charge in [-0.15, -0.1) is 0 Å². The number of nitrogens with zero attached hydrogens (tertiary/aromatic N) is 1. The summed E-state index contributed by atoms with van der Waals surface area (Å²) < 4.78 is 26.1. The molecule has 1 aromatic rings. The van der Waals surface area contributed by atoms with Gasteiger partial charge in [-0.25, -0.2) is 12.7 Å². The van der Waals surface area contributed by atoms with E-state index in [1.54, 1.807) is 18.2 Å². The highest BCUT2D eigenvalue weighted by atomic mass is 35.5. The van der Waals surface area contributed by atoms with Crippen LogP contribution in [-0.4, -0.2) is 31.9 Å². The minimum atomic E-state index is -3.43. The van der Waals surface area contributed by atoms with E-state index in [1.807, 2.05) is 0 Å². The van der Waals surface area contributed by atoms with E-state index in [1.165, 1.54) is 4.31 Å². The monoisotopic (exact) mass is 322 g/mol. The molecule has 1 heterocycles. The molecule has 1 aromatic carbocycles. The Labute approximate surface area is 123 Å². The zero-order valence-corrected chi connectivity index (χ0v) is 12.7. The number of rotatable bonds is 3. The first kappa shape index (κ1) is 15.1. The summed E-state index contributed by atoms with van der Waals surface area (Å²) in [4.78, 5) is 0. The molecule has 2 rings (SSSR count). The maximum absolute atomic E-state index is 12.4. The lowest BCUT2D eigenvalue weighted by atomic mass is 10.1. The molecule has 1 atom stereocenters. The Morgan fingerprint density at radius 1 is 1.32 bits per heavy atom. The molecule has 4 nitrogen and oxygen atoms in total. The fourth-order valence-electron chi connectivity index (χ4n) is 2.17. The first-order valence-corrected chi connectivity index (χ1v) is 8.43. The van der Waals surface area contributed by atoms with Crippen LogP contribution in [0.5, 0.6) is 0 Å². The van der Waals surface area contributed by atoms with E-state index in [2.05, 4.69) is 0 Å². The van der Waals surface area contributed by atoms with Gasteiger partial charge in [0.2, 0.25) is 10.0 Å². The zero-order valence-electron chi connectivity index (χ0n) is 10.4. The number of sulfonamides is 1. The minimum Gasteiger partial charge on any atom is -0.327 e. The van der Waals surface area contributed by atoms with Crippen LogP contribution in [0.1, 0.15) is 18.4 Å². The number of hydrogen-bond acceptors (Lipinski definition) is 3. The van der Waals surface area contributed by atoms with Crippen LogP contribution in [0, 0.1) is 0 Å². The van der Waals surface area contributed by atoms with Crippen molar-refractivity contribution in [2.24, 2.45) is 5.73 Å². The molecule has 19 heavy (non-hydrogen) atoms. The number of halogens is 2. The van der Waals surface area contributed by atoms with Crippen LogP contribution in [0.15, 0.2) is 18.2 Å². The van der Waals surface area contributed by atoms with Crippen molar-refractivity contribution in [1.82, 2.24) is 4.31 Å². The van der Waals surface area contributed by atoms with Gasteiger partial charge < -0.3 is 5.73 Å². The lowest BCUT2D eigenvalue weighted by Crippen LogP contribution is -2.46. The Bertz CT molecular complexity index is 543. The smallest absolute Gasteiger partial charge is 0.218 e. The number of benzene rings is 1. The Kier molecular flexibility index (Phi) is 4.74. The van der Waals surface area contributed by atoms with Gasteiger partial charge in [-0.2, -0.15) is 0 Å². The van der Waals surface area contributed by atoms with Crippen LogP contribution in [0.3, 0.4) is 0 Å². The third-order valence-electron chi connectivity index (χ3n) is 3.20. The predicted octanol–water partition coefficient (Wildman–Crippen LogP) is 2.25. The van der Waals surface area contributed by atoms with Crippen LogP contribution in [0.4, 0.5) is 0 Å². The van der Waals surface area contributed by atoms with E-state index >= 15 is 0 Å². The van der Waals surface area contributed by atoms with E-state index in [0.29, 0.717) is 28.7 Å². The summed E-state index contributed by atoms with van der Waals surface area (Å²) in [5, 5.41) is 0.745. The van der Waals surface area contributed by atoms with E-state index in [0.717, 1.165) is 12.8 Å². The van der Waals surface area contributed by atoms with E-state index in [-0.39, 0.29) is 11.8 Å². The Balaban J connectivity index is 2.21. The summed E-state index contributed by atoms with van der Waals surface area (Å²) in [6.45, 7) is 0.877. The molecule has 0 saturated carbocycles. The SMILES string of the molecule is NC1CCCN(S(=O)(=O)Cc2c(Cl)cccc2Cl)C1. The molecule has 7 heteroatoms. The van der Waals surface area contributed by atoms with Crippen LogP contribution in [0.25, 0.3) is 0 Å². The molecule has 0 bridgehead atoms. The van der Waals surface area contributed by atoms with Gasteiger partial charge >= 0.3 is 0 Å². The van der Waals surface area contributed by atoms with Gasteiger partial charge in [0, 0.05) is 34.7 Å². The van der Waals surface area contributed by atoms with Gasteiger partial charge in [0.15, 0.2) is 0 Å². The second kappa shape index (κ2) is 5.97. The average Bonchev–Trinajstić information content (AvgIpc) is 2.34. The standard InChI is InChI=1S/C12H16Cl2N2O2S/c13-11-4-1-5-12(14)10(11)8-19(17,18)16-6-2-3-9(15)7-16/h1,4-5,9H,2-3,6-8,15H2. The van der Waals surface area contributed by atoms with Crippen molar-refractivity contribution in [2.45, 2.75) is 24.6 Å². The lowest BCUT2D eigenvalue weighted by molar-refractivity contribution is 0.316. The Morgan fingerprint density at radius 2 is 1.95 bits per heavy atom. The van der Waals surface area contributed by atoms with Gasteiger partial charge in [0.05, 0.1) is 5.75 Å². The van der Waals surface area contributed by atoms with Crippen LogP contribution < -0.4 is 5.73 Å². The Hall–Kier alpha value is -0.330. The number of hydrogen-bond donors (Lipinski definition) is 1. The highest BCUT2D eigenvalue weighted by Gasteiger charge is 2.28. The first-order valence-electron chi connectivity index (χ1n) is 6.06. The molecular weight excluding hydrogens is 307 g/mol. The van der Waals surface area contributed by atoms with Crippen molar-refractivity contribution in [3.63, 3.8) is 0 Å². The first-order chi connectivity index (χ1) is 8.90. The maximum Gasteiger partial charge on any atom is 0.218 e. The molecule has 1 unspecified atom stereocenters.